The van der Waals surface area contributed by atoms with Gasteiger partial charge in [-0.05, 0) is 36.8 Å². The summed E-state index contributed by atoms with van der Waals surface area (Å²) in [4.78, 5) is 16.3. The van der Waals surface area contributed by atoms with Crippen LogP contribution in [0.4, 0.5) is 4.39 Å². The van der Waals surface area contributed by atoms with Gasteiger partial charge in [0.25, 0.3) is 0 Å². The van der Waals surface area contributed by atoms with Gasteiger partial charge < -0.3 is 14.6 Å². The summed E-state index contributed by atoms with van der Waals surface area (Å²) in [6.07, 6.45) is 0.232. The fourth-order valence-electron chi connectivity index (χ4n) is 2.43. The molecule has 1 unspecified atom stereocenters. The highest BCUT2D eigenvalue weighted by Crippen LogP contribution is 2.19. The van der Waals surface area contributed by atoms with Crippen LogP contribution < -0.4 is 5.32 Å². The van der Waals surface area contributed by atoms with Gasteiger partial charge in [0.05, 0.1) is 13.2 Å². The van der Waals surface area contributed by atoms with Gasteiger partial charge in [-0.1, -0.05) is 35.5 Å². The molecular formula is C20H20FN3O3. The molecule has 3 aromatic rings. The zero-order valence-corrected chi connectivity index (χ0v) is 14.9. The van der Waals surface area contributed by atoms with Gasteiger partial charge in [-0.3, -0.25) is 4.79 Å². The van der Waals surface area contributed by atoms with Crippen LogP contribution in [0.5, 0.6) is 0 Å². The van der Waals surface area contributed by atoms with E-state index in [2.05, 4.69) is 15.5 Å². The van der Waals surface area contributed by atoms with Crippen LogP contribution in [0.2, 0.25) is 0 Å². The minimum Gasteiger partial charge on any atom is -0.376 e. The van der Waals surface area contributed by atoms with E-state index < -0.39 is 6.04 Å². The Morgan fingerprint density at radius 3 is 2.67 bits per heavy atom. The smallest absolute Gasteiger partial charge is 0.249 e. The van der Waals surface area contributed by atoms with E-state index in [0.29, 0.717) is 24.6 Å². The summed E-state index contributed by atoms with van der Waals surface area (Å²) in [6, 6.07) is 15.1. The molecule has 0 spiro atoms. The first-order valence-corrected chi connectivity index (χ1v) is 8.62. The van der Waals surface area contributed by atoms with Crippen LogP contribution in [0.1, 0.15) is 30.8 Å². The van der Waals surface area contributed by atoms with E-state index in [0.717, 1.165) is 5.56 Å². The number of nitrogens with one attached hydrogen (secondary N) is 1. The number of ether oxygens (including phenoxy) is 1. The van der Waals surface area contributed by atoms with E-state index in [-0.39, 0.29) is 24.0 Å². The summed E-state index contributed by atoms with van der Waals surface area (Å²) in [5, 5.41) is 6.66. The molecule has 0 saturated carbocycles. The average Bonchev–Trinajstić information content (AvgIpc) is 3.17. The molecule has 1 aromatic heterocycles. The molecule has 7 heteroatoms. The molecule has 1 amide bonds. The fraction of sp³-hybridized carbons (Fsp3) is 0.250. The van der Waals surface area contributed by atoms with E-state index in [9.17, 15) is 9.18 Å². The molecule has 2 aromatic carbocycles. The molecule has 1 N–H and O–H groups in total. The molecule has 0 fully saturated rings. The molecule has 6 nitrogen and oxygen atoms in total. The third-order valence-corrected chi connectivity index (χ3v) is 3.88. The molecule has 1 heterocycles. The van der Waals surface area contributed by atoms with Gasteiger partial charge in [0.2, 0.25) is 17.6 Å². The van der Waals surface area contributed by atoms with Gasteiger partial charge in [-0.2, -0.15) is 4.98 Å². The van der Waals surface area contributed by atoms with Crippen molar-refractivity contribution in [1.29, 1.82) is 0 Å². The van der Waals surface area contributed by atoms with E-state index in [4.69, 9.17) is 9.26 Å². The number of hydrogen-bond donors (Lipinski definition) is 1. The number of amides is 1. The lowest BCUT2D eigenvalue weighted by Crippen LogP contribution is -2.27. The third-order valence-electron chi connectivity index (χ3n) is 3.88. The van der Waals surface area contributed by atoms with Crippen molar-refractivity contribution in [3.05, 3.63) is 71.9 Å². The van der Waals surface area contributed by atoms with Gasteiger partial charge in [0, 0.05) is 12.0 Å². The number of carbonyl (C=O) groups is 1. The molecule has 0 aliphatic carbocycles. The summed E-state index contributed by atoms with van der Waals surface area (Å²) < 4.78 is 23.7. The van der Waals surface area contributed by atoms with Crippen LogP contribution in [0.15, 0.2) is 59.1 Å². The summed E-state index contributed by atoms with van der Waals surface area (Å²) in [7, 11) is 0. The van der Waals surface area contributed by atoms with Crippen molar-refractivity contribution in [2.45, 2.75) is 26.0 Å². The summed E-state index contributed by atoms with van der Waals surface area (Å²) >= 11 is 0. The summed E-state index contributed by atoms with van der Waals surface area (Å²) in [5.74, 6) is 0.125. The minimum atomic E-state index is -0.437. The Labute approximate surface area is 156 Å². The molecule has 0 aliphatic heterocycles. The predicted molar refractivity (Wildman–Crippen MR) is 97.0 cm³/mol. The molecule has 0 aliphatic rings. The quantitative estimate of drug-likeness (QED) is 0.613. The molecule has 0 bridgehead atoms. The van der Waals surface area contributed by atoms with Gasteiger partial charge in [-0.25, -0.2) is 4.39 Å². The summed E-state index contributed by atoms with van der Waals surface area (Å²) in [6.45, 7) is 2.54. The van der Waals surface area contributed by atoms with Crippen LogP contribution in [0, 0.1) is 5.82 Å². The fourth-order valence-corrected chi connectivity index (χ4v) is 2.43. The van der Waals surface area contributed by atoms with Crippen molar-refractivity contribution in [2.24, 2.45) is 0 Å². The standard InChI is InChI=1S/C20H20FN3O3/c1-14(20-23-19(24-27-20)16-7-9-17(21)10-8-16)22-18(25)11-12-26-13-15-5-3-2-4-6-15/h2-10,14H,11-13H2,1H3,(H,22,25). The second-order valence-electron chi connectivity index (χ2n) is 6.04. The topological polar surface area (TPSA) is 77.2 Å². The van der Waals surface area contributed by atoms with E-state index >= 15 is 0 Å². The Kier molecular flexibility index (Phi) is 6.27. The minimum absolute atomic E-state index is 0.169. The highest BCUT2D eigenvalue weighted by molar-refractivity contribution is 5.76. The second-order valence-corrected chi connectivity index (χ2v) is 6.04. The normalized spacial score (nSPS) is 11.9. The number of aromatic nitrogens is 2. The SMILES string of the molecule is CC(NC(=O)CCOCc1ccccc1)c1nc(-c2ccc(F)cc2)no1. The van der Waals surface area contributed by atoms with Gasteiger partial charge in [0.15, 0.2) is 0 Å². The number of hydrogen-bond acceptors (Lipinski definition) is 5. The van der Waals surface area contributed by atoms with Crippen molar-refractivity contribution < 1.29 is 18.4 Å². The van der Waals surface area contributed by atoms with Crippen LogP contribution in [0.25, 0.3) is 11.4 Å². The molecule has 27 heavy (non-hydrogen) atoms. The van der Waals surface area contributed by atoms with Crippen molar-refractivity contribution in [3.8, 4) is 11.4 Å². The number of carbonyl (C=O) groups excluding carboxylic acids is 1. The lowest BCUT2D eigenvalue weighted by Gasteiger charge is -2.10. The van der Waals surface area contributed by atoms with Crippen LogP contribution in [-0.2, 0) is 16.1 Å². The van der Waals surface area contributed by atoms with Crippen molar-refractivity contribution >= 4 is 5.91 Å². The number of halogens is 1. The number of rotatable bonds is 8. The molecule has 0 radical (unpaired) electrons. The van der Waals surface area contributed by atoms with E-state index in [1.807, 2.05) is 30.3 Å². The zero-order chi connectivity index (χ0) is 19.1. The largest absolute Gasteiger partial charge is 0.376 e. The highest BCUT2D eigenvalue weighted by atomic mass is 19.1. The van der Waals surface area contributed by atoms with Crippen LogP contribution >= 0.6 is 0 Å². The Balaban J connectivity index is 1.45. The van der Waals surface area contributed by atoms with E-state index in [1.165, 1.54) is 12.1 Å². The first kappa shape index (κ1) is 18.7. The van der Waals surface area contributed by atoms with Gasteiger partial charge in [0.1, 0.15) is 11.9 Å². The lowest BCUT2D eigenvalue weighted by atomic mass is 10.2. The molecule has 0 saturated heterocycles. The van der Waals surface area contributed by atoms with Crippen LogP contribution in [0.3, 0.4) is 0 Å². The molecule has 140 valence electrons. The Morgan fingerprint density at radius 1 is 1.19 bits per heavy atom. The molecular weight excluding hydrogens is 349 g/mol. The first-order chi connectivity index (χ1) is 13.1. The maximum atomic E-state index is 13.0. The average molecular weight is 369 g/mol. The lowest BCUT2D eigenvalue weighted by molar-refractivity contribution is -0.123. The number of benzene rings is 2. The maximum Gasteiger partial charge on any atom is 0.249 e. The first-order valence-electron chi connectivity index (χ1n) is 8.62. The zero-order valence-electron chi connectivity index (χ0n) is 14.9. The Hall–Kier alpha value is -3.06. The Morgan fingerprint density at radius 2 is 1.93 bits per heavy atom. The van der Waals surface area contributed by atoms with E-state index in [1.54, 1.807) is 19.1 Å². The summed E-state index contributed by atoms with van der Waals surface area (Å²) in [5.41, 5.74) is 1.70. The van der Waals surface area contributed by atoms with Gasteiger partial charge >= 0.3 is 0 Å². The van der Waals surface area contributed by atoms with Crippen molar-refractivity contribution in [3.63, 3.8) is 0 Å². The molecule has 3 rings (SSSR count). The van der Waals surface area contributed by atoms with Crippen molar-refractivity contribution in [1.82, 2.24) is 15.5 Å². The van der Waals surface area contributed by atoms with Gasteiger partial charge in [-0.15, -0.1) is 0 Å². The monoisotopic (exact) mass is 369 g/mol. The maximum absolute atomic E-state index is 13.0. The highest BCUT2D eigenvalue weighted by Gasteiger charge is 2.17. The predicted octanol–water partition coefficient (Wildman–Crippen LogP) is 3.66. The number of nitrogens with zero attached hydrogens (tertiary/aromatic N) is 2. The Bertz CT molecular complexity index is 866. The van der Waals surface area contributed by atoms with Crippen molar-refractivity contribution in [2.75, 3.05) is 6.61 Å². The third kappa shape index (κ3) is 5.46. The molecule has 1 atom stereocenters. The second kappa shape index (κ2) is 9.05. The van der Waals surface area contributed by atoms with Crippen LogP contribution in [-0.4, -0.2) is 22.7 Å².